The molecule has 0 aliphatic carbocycles. The number of benzene rings is 2. The van der Waals surface area contributed by atoms with E-state index in [9.17, 15) is 4.79 Å². The fourth-order valence-corrected chi connectivity index (χ4v) is 2.63. The van der Waals surface area contributed by atoms with Gasteiger partial charge in [-0.1, -0.05) is 24.3 Å². The number of hydrogen-bond acceptors (Lipinski definition) is 3. The van der Waals surface area contributed by atoms with Crippen molar-refractivity contribution in [3.63, 3.8) is 0 Å². The summed E-state index contributed by atoms with van der Waals surface area (Å²) in [6.07, 6.45) is 0.675. The van der Waals surface area contributed by atoms with E-state index in [1.165, 1.54) is 0 Å². The number of hydrogen-bond donors (Lipinski definition) is 2. The lowest BCUT2D eigenvalue weighted by Gasteiger charge is -2.25. The van der Waals surface area contributed by atoms with Crippen molar-refractivity contribution in [2.75, 3.05) is 17.7 Å². The van der Waals surface area contributed by atoms with Gasteiger partial charge in [0.05, 0.1) is 23.9 Å². The van der Waals surface area contributed by atoms with Crippen LogP contribution in [0.4, 0.5) is 11.4 Å². The van der Waals surface area contributed by atoms with Crippen LogP contribution in [0, 0.1) is 6.92 Å². The number of rotatable bonds is 2. The van der Waals surface area contributed by atoms with Gasteiger partial charge in [-0.25, -0.2) is 0 Å². The van der Waals surface area contributed by atoms with Gasteiger partial charge < -0.3 is 15.8 Å². The summed E-state index contributed by atoms with van der Waals surface area (Å²) in [5, 5.41) is 2.93. The molecular weight excluding hydrogens is 264 g/mol. The first-order valence-electron chi connectivity index (χ1n) is 7.04. The van der Waals surface area contributed by atoms with Gasteiger partial charge in [0.25, 0.3) is 0 Å². The van der Waals surface area contributed by atoms with Gasteiger partial charge in [0, 0.05) is 5.56 Å². The van der Waals surface area contributed by atoms with Gasteiger partial charge in [-0.05, 0) is 37.1 Å². The van der Waals surface area contributed by atoms with Crippen LogP contribution in [0.3, 0.4) is 0 Å². The SMILES string of the molecule is Cc1ccc(NC(=O)C2CCOc3ccccc32)c(N)c1. The number of nitrogens with one attached hydrogen (secondary N) is 1. The van der Waals surface area contributed by atoms with Gasteiger partial charge in [-0.3, -0.25) is 4.79 Å². The molecule has 3 rings (SSSR count). The minimum absolute atomic E-state index is 0.0405. The molecule has 108 valence electrons. The molecule has 1 atom stereocenters. The summed E-state index contributed by atoms with van der Waals surface area (Å²) >= 11 is 0. The molecule has 0 saturated carbocycles. The van der Waals surface area contributed by atoms with Crippen LogP contribution in [0.5, 0.6) is 5.75 Å². The maximum atomic E-state index is 12.5. The zero-order valence-electron chi connectivity index (χ0n) is 11.9. The van der Waals surface area contributed by atoms with Crippen molar-refractivity contribution in [2.45, 2.75) is 19.3 Å². The predicted octanol–water partition coefficient (Wildman–Crippen LogP) is 3.08. The van der Waals surface area contributed by atoms with Gasteiger partial charge >= 0.3 is 0 Å². The number of carbonyl (C=O) groups is 1. The highest BCUT2D eigenvalue weighted by Gasteiger charge is 2.27. The first-order chi connectivity index (χ1) is 10.1. The number of para-hydroxylation sites is 1. The lowest BCUT2D eigenvalue weighted by molar-refractivity contribution is -0.118. The van der Waals surface area contributed by atoms with Gasteiger partial charge in [-0.15, -0.1) is 0 Å². The Morgan fingerprint density at radius 2 is 2.10 bits per heavy atom. The Labute approximate surface area is 123 Å². The highest BCUT2D eigenvalue weighted by atomic mass is 16.5. The molecule has 1 amide bonds. The monoisotopic (exact) mass is 282 g/mol. The van der Waals surface area contributed by atoms with Crippen LogP contribution in [0.25, 0.3) is 0 Å². The van der Waals surface area contributed by atoms with E-state index >= 15 is 0 Å². The molecule has 0 bridgehead atoms. The highest BCUT2D eigenvalue weighted by molar-refractivity contribution is 5.98. The number of aryl methyl sites for hydroxylation is 1. The minimum Gasteiger partial charge on any atom is -0.493 e. The smallest absolute Gasteiger partial charge is 0.232 e. The van der Waals surface area contributed by atoms with E-state index in [1.807, 2.05) is 49.4 Å². The number of ether oxygens (including phenoxy) is 1. The molecule has 4 heteroatoms. The number of carbonyl (C=O) groups excluding carboxylic acids is 1. The first-order valence-corrected chi connectivity index (χ1v) is 7.04. The highest BCUT2D eigenvalue weighted by Crippen LogP contribution is 2.34. The van der Waals surface area contributed by atoms with Crippen LogP contribution < -0.4 is 15.8 Å². The fraction of sp³-hybridized carbons (Fsp3) is 0.235. The summed E-state index contributed by atoms with van der Waals surface area (Å²) in [6.45, 7) is 2.52. The van der Waals surface area contributed by atoms with E-state index in [2.05, 4.69) is 5.32 Å². The molecule has 2 aromatic carbocycles. The third-order valence-corrected chi connectivity index (χ3v) is 3.74. The largest absolute Gasteiger partial charge is 0.493 e. The molecule has 0 saturated heterocycles. The molecule has 0 spiro atoms. The second kappa shape index (κ2) is 5.48. The Hall–Kier alpha value is -2.49. The Morgan fingerprint density at radius 1 is 1.29 bits per heavy atom. The Balaban J connectivity index is 1.83. The topological polar surface area (TPSA) is 64.3 Å². The molecule has 1 unspecified atom stereocenters. The van der Waals surface area contributed by atoms with E-state index in [0.29, 0.717) is 24.4 Å². The van der Waals surface area contributed by atoms with Crippen LogP contribution in [0.2, 0.25) is 0 Å². The maximum Gasteiger partial charge on any atom is 0.232 e. The van der Waals surface area contributed by atoms with Crippen LogP contribution in [-0.4, -0.2) is 12.5 Å². The molecule has 1 aliphatic rings. The molecule has 0 fully saturated rings. The second-order valence-corrected chi connectivity index (χ2v) is 5.31. The molecule has 0 radical (unpaired) electrons. The van der Waals surface area contributed by atoms with Crippen molar-refractivity contribution in [3.05, 3.63) is 53.6 Å². The number of anilines is 2. The molecule has 1 heterocycles. The molecule has 4 nitrogen and oxygen atoms in total. The third-order valence-electron chi connectivity index (χ3n) is 3.74. The normalized spacial score (nSPS) is 16.7. The number of fused-ring (bicyclic) bond motifs is 1. The lowest BCUT2D eigenvalue weighted by Crippen LogP contribution is -2.26. The van der Waals surface area contributed by atoms with Gasteiger partial charge in [0.2, 0.25) is 5.91 Å². The van der Waals surface area contributed by atoms with Crippen molar-refractivity contribution >= 4 is 17.3 Å². The molecular formula is C17H18N2O2. The predicted molar refractivity (Wildman–Crippen MR) is 83.5 cm³/mol. The van der Waals surface area contributed by atoms with E-state index in [0.717, 1.165) is 16.9 Å². The number of nitrogen functional groups attached to an aromatic ring is 1. The molecule has 0 aromatic heterocycles. The van der Waals surface area contributed by atoms with Crippen molar-refractivity contribution in [2.24, 2.45) is 0 Å². The van der Waals surface area contributed by atoms with Crippen LogP contribution in [0.1, 0.15) is 23.5 Å². The van der Waals surface area contributed by atoms with Crippen molar-refractivity contribution in [1.29, 1.82) is 0 Å². The molecule has 2 aromatic rings. The standard InChI is InChI=1S/C17H18N2O2/c1-11-6-7-15(14(18)10-11)19-17(20)13-8-9-21-16-5-3-2-4-12(13)16/h2-7,10,13H,8-9,18H2,1H3,(H,19,20). The minimum atomic E-state index is -0.198. The van der Waals surface area contributed by atoms with Gasteiger partial charge in [0.1, 0.15) is 5.75 Å². The Morgan fingerprint density at radius 3 is 2.90 bits per heavy atom. The summed E-state index contributed by atoms with van der Waals surface area (Å²) in [4.78, 5) is 12.5. The van der Waals surface area contributed by atoms with Crippen molar-refractivity contribution in [3.8, 4) is 5.75 Å². The van der Waals surface area contributed by atoms with E-state index in [1.54, 1.807) is 0 Å². The zero-order valence-corrected chi connectivity index (χ0v) is 11.9. The van der Waals surface area contributed by atoms with Crippen LogP contribution in [0.15, 0.2) is 42.5 Å². The maximum absolute atomic E-state index is 12.5. The summed E-state index contributed by atoms with van der Waals surface area (Å²) in [6, 6.07) is 13.3. The van der Waals surface area contributed by atoms with Crippen molar-refractivity contribution < 1.29 is 9.53 Å². The molecule has 21 heavy (non-hydrogen) atoms. The van der Waals surface area contributed by atoms with E-state index in [4.69, 9.17) is 10.5 Å². The number of amides is 1. The lowest BCUT2D eigenvalue weighted by atomic mass is 9.92. The Kier molecular flexibility index (Phi) is 3.52. The van der Waals surface area contributed by atoms with Gasteiger partial charge in [-0.2, -0.15) is 0 Å². The summed E-state index contributed by atoms with van der Waals surface area (Å²) in [5.41, 5.74) is 9.21. The number of nitrogens with two attached hydrogens (primary N) is 1. The van der Waals surface area contributed by atoms with Crippen molar-refractivity contribution in [1.82, 2.24) is 0 Å². The average molecular weight is 282 g/mol. The molecule has 1 aliphatic heterocycles. The summed E-state index contributed by atoms with van der Waals surface area (Å²) < 4.78 is 5.59. The van der Waals surface area contributed by atoms with Crippen LogP contribution in [-0.2, 0) is 4.79 Å². The van der Waals surface area contributed by atoms with E-state index < -0.39 is 0 Å². The second-order valence-electron chi connectivity index (χ2n) is 5.31. The average Bonchev–Trinajstić information content (AvgIpc) is 2.49. The summed E-state index contributed by atoms with van der Waals surface area (Å²) in [7, 11) is 0. The third kappa shape index (κ3) is 2.70. The summed E-state index contributed by atoms with van der Waals surface area (Å²) in [5.74, 6) is 0.553. The Bertz CT molecular complexity index is 682. The fourth-order valence-electron chi connectivity index (χ4n) is 2.63. The molecule has 3 N–H and O–H groups in total. The quantitative estimate of drug-likeness (QED) is 0.832. The van der Waals surface area contributed by atoms with Gasteiger partial charge in [0.15, 0.2) is 0 Å². The van der Waals surface area contributed by atoms with Crippen LogP contribution >= 0.6 is 0 Å². The first kappa shape index (κ1) is 13.5. The zero-order chi connectivity index (χ0) is 14.8. The van der Waals surface area contributed by atoms with E-state index in [-0.39, 0.29) is 11.8 Å².